The fraction of sp³-hybridized carbons (Fsp3) is 0.240. The lowest BCUT2D eigenvalue weighted by atomic mass is 10.1. The number of furan rings is 1. The highest BCUT2D eigenvalue weighted by Gasteiger charge is 2.29. The van der Waals surface area contributed by atoms with Gasteiger partial charge in [0.15, 0.2) is 11.4 Å². The van der Waals surface area contributed by atoms with Gasteiger partial charge in [-0.15, -0.1) is 0 Å². The molecule has 0 atom stereocenters. The third-order valence-corrected chi connectivity index (χ3v) is 5.68. The van der Waals surface area contributed by atoms with E-state index >= 15 is 0 Å². The predicted octanol–water partition coefficient (Wildman–Crippen LogP) is 2.91. The Hall–Kier alpha value is -4.11. The summed E-state index contributed by atoms with van der Waals surface area (Å²) in [5.74, 6) is -0.512. The van der Waals surface area contributed by atoms with Crippen molar-refractivity contribution < 1.29 is 13.9 Å². The standard InChI is InChI=1S/C25H26N4O5/c1-16-18-11-6-7-12-19(18)34-21(16)24(31)28(13-8-14-33-2)20-22(26)29(25(32)27-23(20)30)15-17-9-4-3-5-10-17/h3-7,9-12H,8,13-15,26H2,1-2H3,(H,27,30,32). The van der Waals surface area contributed by atoms with Crippen LogP contribution in [0.5, 0.6) is 0 Å². The van der Waals surface area contributed by atoms with Gasteiger partial charge in [-0.1, -0.05) is 48.5 Å². The highest BCUT2D eigenvalue weighted by molar-refractivity contribution is 6.08. The van der Waals surface area contributed by atoms with E-state index in [1.54, 1.807) is 20.1 Å². The number of nitrogens with zero attached hydrogens (tertiary/aromatic N) is 2. The predicted molar refractivity (Wildman–Crippen MR) is 130 cm³/mol. The smallest absolute Gasteiger partial charge is 0.330 e. The zero-order chi connectivity index (χ0) is 24.2. The van der Waals surface area contributed by atoms with Crippen LogP contribution in [0.15, 0.2) is 68.6 Å². The summed E-state index contributed by atoms with van der Waals surface area (Å²) < 4.78 is 12.2. The number of H-pyrrole nitrogens is 1. The maximum absolute atomic E-state index is 13.7. The number of aryl methyl sites for hydroxylation is 1. The zero-order valence-electron chi connectivity index (χ0n) is 19.0. The van der Waals surface area contributed by atoms with Crippen LogP contribution in [0.2, 0.25) is 0 Å². The average molecular weight is 463 g/mol. The third-order valence-electron chi connectivity index (χ3n) is 5.68. The number of nitrogens with two attached hydrogens (primary N) is 1. The summed E-state index contributed by atoms with van der Waals surface area (Å²) in [5, 5.41) is 0.804. The van der Waals surface area contributed by atoms with E-state index in [1.165, 1.54) is 9.47 Å². The number of benzene rings is 2. The molecule has 34 heavy (non-hydrogen) atoms. The molecule has 2 aromatic carbocycles. The molecule has 0 aliphatic heterocycles. The van der Waals surface area contributed by atoms with Crippen LogP contribution in [-0.4, -0.2) is 35.7 Å². The van der Waals surface area contributed by atoms with E-state index in [0.29, 0.717) is 24.2 Å². The normalized spacial score (nSPS) is 11.1. The van der Waals surface area contributed by atoms with Crippen molar-refractivity contribution in [2.75, 3.05) is 30.9 Å². The second-order valence-electron chi connectivity index (χ2n) is 7.92. The molecule has 3 N–H and O–H groups in total. The Balaban J connectivity index is 1.82. The number of anilines is 2. The van der Waals surface area contributed by atoms with Crippen molar-refractivity contribution in [3.8, 4) is 0 Å². The largest absolute Gasteiger partial charge is 0.451 e. The number of carbonyl (C=O) groups is 1. The molecule has 0 aliphatic carbocycles. The van der Waals surface area contributed by atoms with Gasteiger partial charge >= 0.3 is 5.69 Å². The van der Waals surface area contributed by atoms with Crippen LogP contribution < -0.4 is 21.9 Å². The van der Waals surface area contributed by atoms with Gasteiger partial charge in [-0.3, -0.25) is 24.0 Å². The lowest BCUT2D eigenvalue weighted by Gasteiger charge is -2.24. The molecule has 2 aromatic heterocycles. The number of hydrogen-bond acceptors (Lipinski definition) is 6. The number of nitrogens with one attached hydrogen (secondary N) is 1. The highest BCUT2D eigenvalue weighted by Crippen LogP contribution is 2.28. The lowest BCUT2D eigenvalue weighted by Crippen LogP contribution is -2.42. The van der Waals surface area contributed by atoms with Gasteiger partial charge in [0.05, 0.1) is 6.54 Å². The van der Waals surface area contributed by atoms with Crippen molar-refractivity contribution in [3.63, 3.8) is 0 Å². The maximum atomic E-state index is 13.7. The number of fused-ring (bicyclic) bond motifs is 1. The minimum atomic E-state index is -0.744. The summed E-state index contributed by atoms with van der Waals surface area (Å²) >= 11 is 0. The van der Waals surface area contributed by atoms with Crippen LogP contribution in [0.4, 0.5) is 11.5 Å². The first kappa shape index (κ1) is 23.1. The monoisotopic (exact) mass is 462 g/mol. The van der Waals surface area contributed by atoms with E-state index in [2.05, 4.69) is 4.98 Å². The molecule has 9 heteroatoms. The van der Waals surface area contributed by atoms with E-state index in [1.807, 2.05) is 48.5 Å². The summed E-state index contributed by atoms with van der Waals surface area (Å²) in [6, 6.07) is 16.5. The lowest BCUT2D eigenvalue weighted by molar-refractivity contribution is 0.0958. The molecule has 0 saturated heterocycles. The van der Waals surface area contributed by atoms with Gasteiger partial charge in [0, 0.05) is 31.2 Å². The van der Waals surface area contributed by atoms with Gasteiger partial charge in [-0.05, 0) is 25.0 Å². The Morgan fingerprint density at radius 3 is 2.53 bits per heavy atom. The molecule has 0 spiro atoms. The highest BCUT2D eigenvalue weighted by atomic mass is 16.5. The van der Waals surface area contributed by atoms with Crippen molar-refractivity contribution in [1.82, 2.24) is 9.55 Å². The van der Waals surface area contributed by atoms with Gasteiger partial charge < -0.3 is 14.9 Å². The number of amides is 1. The second-order valence-corrected chi connectivity index (χ2v) is 7.92. The van der Waals surface area contributed by atoms with Crippen LogP contribution in [0.3, 0.4) is 0 Å². The fourth-order valence-corrected chi connectivity index (χ4v) is 3.94. The van der Waals surface area contributed by atoms with E-state index in [9.17, 15) is 14.4 Å². The average Bonchev–Trinajstić information content (AvgIpc) is 3.17. The molecule has 0 bridgehead atoms. The Morgan fingerprint density at radius 2 is 1.82 bits per heavy atom. The van der Waals surface area contributed by atoms with Crippen LogP contribution in [0.1, 0.15) is 28.1 Å². The number of hydrogen-bond donors (Lipinski definition) is 2. The molecule has 4 aromatic rings. The Morgan fingerprint density at radius 1 is 1.12 bits per heavy atom. The Labute approximate surface area is 195 Å². The van der Waals surface area contributed by atoms with Crippen molar-refractivity contribution in [3.05, 3.63) is 92.3 Å². The van der Waals surface area contributed by atoms with Crippen LogP contribution in [0, 0.1) is 6.92 Å². The number of carbonyl (C=O) groups excluding carboxylic acids is 1. The second kappa shape index (κ2) is 9.80. The van der Waals surface area contributed by atoms with Gasteiger partial charge in [0.25, 0.3) is 11.5 Å². The Kier molecular flexibility index (Phi) is 6.65. The van der Waals surface area contributed by atoms with Crippen LogP contribution >= 0.6 is 0 Å². The number of methoxy groups -OCH3 is 1. The number of ether oxygens (including phenoxy) is 1. The summed E-state index contributed by atoms with van der Waals surface area (Å²) in [7, 11) is 1.55. The number of nitrogen functional groups attached to an aromatic ring is 1. The molecule has 0 aliphatic rings. The SMILES string of the molecule is COCCCN(C(=O)c1oc2ccccc2c1C)c1c(N)n(Cc2ccccc2)c(=O)[nH]c1=O. The van der Waals surface area contributed by atoms with E-state index < -0.39 is 17.2 Å². The van der Waals surface area contributed by atoms with Crippen molar-refractivity contribution >= 4 is 28.4 Å². The summed E-state index contributed by atoms with van der Waals surface area (Å²) in [6.45, 7) is 2.43. The molecule has 0 radical (unpaired) electrons. The van der Waals surface area contributed by atoms with Crippen LogP contribution in [0.25, 0.3) is 11.0 Å². The van der Waals surface area contributed by atoms with Crippen molar-refractivity contribution in [1.29, 1.82) is 0 Å². The van der Waals surface area contributed by atoms with E-state index in [-0.39, 0.29) is 30.4 Å². The number of aromatic amines is 1. The fourth-order valence-electron chi connectivity index (χ4n) is 3.94. The summed E-state index contributed by atoms with van der Waals surface area (Å²) in [5.41, 5.74) is 6.90. The van der Waals surface area contributed by atoms with Gasteiger partial charge in [0.1, 0.15) is 11.4 Å². The van der Waals surface area contributed by atoms with E-state index in [4.69, 9.17) is 14.9 Å². The quantitative estimate of drug-likeness (QED) is 0.388. The summed E-state index contributed by atoms with van der Waals surface area (Å²) in [6.07, 6.45) is 0.443. The first-order chi connectivity index (χ1) is 16.4. The van der Waals surface area contributed by atoms with E-state index in [0.717, 1.165) is 10.9 Å². The first-order valence-corrected chi connectivity index (χ1v) is 10.9. The number of rotatable bonds is 8. The van der Waals surface area contributed by atoms with Gasteiger partial charge in [-0.25, -0.2) is 4.79 Å². The molecule has 9 nitrogen and oxygen atoms in total. The molecular weight excluding hydrogens is 436 g/mol. The third kappa shape index (κ3) is 4.38. The molecular formula is C25H26N4O5. The Bertz CT molecular complexity index is 1440. The molecule has 0 fully saturated rings. The topological polar surface area (TPSA) is 124 Å². The molecule has 0 saturated carbocycles. The minimum absolute atomic E-state index is 0.0999. The molecule has 4 rings (SSSR count). The zero-order valence-corrected chi connectivity index (χ0v) is 19.0. The first-order valence-electron chi connectivity index (χ1n) is 10.9. The minimum Gasteiger partial charge on any atom is -0.451 e. The van der Waals surface area contributed by atoms with Crippen LogP contribution in [-0.2, 0) is 11.3 Å². The number of para-hydroxylation sites is 1. The maximum Gasteiger partial charge on any atom is 0.330 e. The summed E-state index contributed by atoms with van der Waals surface area (Å²) in [4.78, 5) is 42.8. The van der Waals surface area contributed by atoms with Crippen molar-refractivity contribution in [2.24, 2.45) is 0 Å². The molecule has 1 amide bonds. The van der Waals surface area contributed by atoms with Gasteiger partial charge in [-0.2, -0.15) is 0 Å². The van der Waals surface area contributed by atoms with Gasteiger partial charge in [0.2, 0.25) is 0 Å². The molecule has 0 unspecified atom stereocenters. The molecule has 176 valence electrons. The number of aromatic nitrogens is 2. The van der Waals surface area contributed by atoms with Crippen molar-refractivity contribution in [2.45, 2.75) is 19.9 Å². The molecule has 2 heterocycles.